The number of allylic oxidation sites excluding steroid dienone is 1. The zero-order valence-electron chi connectivity index (χ0n) is 19.9. The van der Waals surface area contributed by atoms with Gasteiger partial charge in [0.25, 0.3) is 0 Å². The summed E-state index contributed by atoms with van der Waals surface area (Å²) in [5.41, 5.74) is 1.54. The summed E-state index contributed by atoms with van der Waals surface area (Å²) in [5.74, 6) is 0.0354. The van der Waals surface area contributed by atoms with Crippen LogP contribution in [0.3, 0.4) is 0 Å². The number of nitrogens with zero attached hydrogens (tertiary/aromatic N) is 2. The number of rotatable bonds is 6. The van der Waals surface area contributed by atoms with Crippen LogP contribution in [0.15, 0.2) is 48.2 Å². The Bertz CT molecular complexity index is 966. The van der Waals surface area contributed by atoms with E-state index in [0.29, 0.717) is 0 Å². The predicted octanol–water partition coefficient (Wildman–Crippen LogP) is 5.55. The first-order valence-corrected chi connectivity index (χ1v) is 12.9. The molecule has 6 nitrogen and oxygen atoms in total. The molecule has 1 amide bonds. The highest BCUT2D eigenvalue weighted by atomic mass is 32.1. The third kappa shape index (κ3) is 5.52. The highest BCUT2D eigenvalue weighted by molar-refractivity contribution is 7.16. The van der Waals surface area contributed by atoms with Gasteiger partial charge in [-0.25, -0.2) is 0 Å². The number of hydrogen-bond acceptors (Lipinski definition) is 6. The quantitative estimate of drug-likeness (QED) is 0.485. The number of thiophene rings is 1. The minimum absolute atomic E-state index is 0.0168. The minimum Gasteiger partial charge on any atom is -0.493 e. The molecule has 3 N–H and O–H groups in total. The average Bonchev–Trinajstić information content (AvgIpc) is 3.50. The summed E-state index contributed by atoms with van der Waals surface area (Å²) >= 11 is 1.63. The van der Waals surface area contributed by atoms with E-state index >= 15 is 0 Å². The lowest BCUT2D eigenvalue weighted by atomic mass is 9.94. The molecule has 0 bridgehead atoms. The van der Waals surface area contributed by atoms with Crippen LogP contribution in [0.25, 0.3) is 0 Å². The molecule has 2 aromatic rings. The van der Waals surface area contributed by atoms with Gasteiger partial charge < -0.3 is 15.7 Å². The van der Waals surface area contributed by atoms with Crippen LogP contribution in [0.1, 0.15) is 82.2 Å². The zero-order chi connectivity index (χ0) is 23.4. The molecule has 1 saturated carbocycles. The first kappa shape index (κ1) is 23.6. The number of anilines is 1. The first-order valence-electron chi connectivity index (χ1n) is 12.1. The Balaban J connectivity index is 1.78. The summed E-state index contributed by atoms with van der Waals surface area (Å²) in [4.78, 5) is 21.1. The van der Waals surface area contributed by atoms with Gasteiger partial charge in [-0.1, -0.05) is 46.1 Å². The van der Waals surface area contributed by atoms with E-state index in [1.165, 1.54) is 11.3 Å². The topological polar surface area (TPSA) is 77.5 Å². The van der Waals surface area contributed by atoms with Crippen molar-refractivity contribution in [1.82, 2.24) is 15.6 Å². The third-order valence-corrected chi connectivity index (χ3v) is 7.98. The second-order valence-corrected chi connectivity index (χ2v) is 11.2. The summed E-state index contributed by atoms with van der Waals surface area (Å²) in [7, 11) is 0. The number of carbonyl (C=O) groups is 1. The van der Waals surface area contributed by atoms with Gasteiger partial charge in [-0.2, -0.15) is 0 Å². The average molecular weight is 469 g/mol. The highest BCUT2D eigenvalue weighted by Gasteiger charge is 2.35. The number of aromatic nitrogens is 1. The minimum atomic E-state index is -0.706. The summed E-state index contributed by atoms with van der Waals surface area (Å²) in [6.45, 7) is 7.37. The SMILES string of the molecule is CC(C)(C)c1ccc(N(/C(O)=C2\CCCN2)C(C(=O)NC2CCCCC2)c2cccnc2)s1. The van der Waals surface area contributed by atoms with Gasteiger partial charge in [0.2, 0.25) is 11.8 Å². The normalized spacial score (nSPS) is 19.6. The number of amides is 1. The molecule has 7 heteroatoms. The number of aliphatic hydroxyl groups is 1. The highest BCUT2D eigenvalue weighted by Crippen LogP contribution is 2.40. The molecule has 0 spiro atoms. The molecule has 2 aromatic heterocycles. The fraction of sp³-hybridized carbons (Fsp3) is 0.538. The Labute approximate surface area is 201 Å². The predicted molar refractivity (Wildman–Crippen MR) is 134 cm³/mol. The van der Waals surface area contributed by atoms with Gasteiger partial charge in [0.15, 0.2) is 0 Å². The van der Waals surface area contributed by atoms with Crippen LogP contribution in [0.4, 0.5) is 5.00 Å². The van der Waals surface area contributed by atoms with Crippen LogP contribution in [0.2, 0.25) is 0 Å². The van der Waals surface area contributed by atoms with Gasteiger partial charge in [0, 0.05) is 35.4 Å². The Hall–Kier alpha value is -2.54. The Morgan fingerprint density at radius 1 is 1.21 bits per heavy atom. The number of pyridine rings is 1. The lowest BCUT2D eigenvalue weighted by Gasteiger charge is -2.33. The maximum Gasteiger partial charge on any atom is 0.248 e. The van der Waals surface area contributed by atoms with E-state index in [0.717, 1.165) is 61.3 Å². The van der Waals surface area contributed by atoms with Crippen LogP contribution in [0.5, 0.6) is 0 Å². The zero-order valence-corrected chi connectivity index (χ0v) is 20.8. The number of nitrogens with one attached hydrogen (secondary N) is 2. The van der Waals surface area contributed by atoms with E-state index in [1.54, 1.807) is 23.7 Å². The van der Waals surface area contributed by atoms with Crippen LogP contribution in [-0.4, -0.2) is 28.6 Å². The van der Waals surface area contributed by atoms with Crippen molar-refractivity contribution in [3.63, 3.8) is 0 Å². The maximum absolute atomic E-state index is 13.8. The summed E-state index contributed by atoms with van der Waals surface area (Å²) in [5, 5.41) is 19.0. The van der Waals surface area contributed by atoms with Crippen LogP contribution in [-0.2, 0) is 10.2 Å². The van der Waals surface area contributed by atoms with Crippen molar-refractivity contribution in [2.75, 3.05) is 11.4 Å². The maximum atomic E-state index is 13.8. The van der Waals surface area contributed by atoms with Crippen molar-refractivity contribution in [1.29, 1.82) is 0 Å². The molecular weight excluding hydrogens is 432 g/mol. The van der Waals surface area contributed by atoms with E-state index in [1.807, 2.05) is 23.1 Å². The molecule has 178 valence electrons. The van der Waals surface area contributed by atoms with Gasteiger partial charge in [-0.3, -0.25) is 14.7 Å². The van der Waals surface area contributed by atoms with E-state index in [9.17, 15) is 9.90 Å². The van der Waals surface area contributed by atoms with Gasteiger partial charge in [0.1, 0.15) is 6.04 Å². The fourth-order valence-corrected chi connectivity index (χ4v) is 5.72. The number of aliphatic hydroxyl groups excluding tert-OH is 1. The van der Waals surface area contributed by atoms with Crippen molar-refractivity contribution in [2.24, 2.45) is 0 Å². The molecule has 4 rings (SSSR count). The van der Waals surface area contributed by atoms with E-state index < -0.39 is 6.04 Å². The Morgan fingerprint density at radius 3 is 2.61 bits per heavy atom. The lowest BCUT2D eigenvalue weighted by molar-refractivity contribution is -0.123. The monoisotopic (exact) mass is 468 g/mol. The second kappa shape index (κ2) is 10.2. The van der Waals surface area contributed by atoms with Crippen molar-refractivity contribution in [3.8, 4) is 0 Å². The number of hydrogen-bond donors (Lipinski definition) is 3. The molecule has 1 saturated heterocycles. The van der Waals surface area contributed by atoms with Gasteiger partial charge in [-0.05, 0) is 49.3 Å². The first-order chi connectivity index (χ1) is 15.8. The summed E-state index contributed by atoms with van der Waals surface area (Å²) in [6, 6.07) is 7.37. The molecule has 3 heterocycles. The van der Waals surface area contributed by atoms with Crippen LogP contribution in [0, 0.1) is 0 Å². The molecule has 33 heavy (non-hydrogen) atoms. The van der Waals surface area contributed by atoms with Crippen molar-refractivity contribution in [3.05, 3.63) is 58.7 Å². The fourth-order valence-electron chi connectivity index (χ4n) is 4.63. The lowest BCUT2D eigenvalue weighted by Crippen LogP contribution is -2.45. The van der Waals surface area contributed by atoms with Crippen LogP contribution >= 0.6 is 11.3 Å². The van der Waals surface area contributed by atoms with Crippen molar-refractivity contribution >= 4 is 22.2 Å². The van der Waals surface area contributed by atoms with E-state index in [2.05, 4.69) is 42.5 Å². The third-order valence-electron chi connectivity index (χ3n) is 6.47. The molecular formula is C26H36N4O2S. The van der Waals surface area contributed by atoms with E-state index in [-0.39, 0.29) is 23.2 Å². The molecule has 0 radical (unpaired) electrons. The summed E-state index contributed by atoms with van der Waals surface area (Å²) < 4.78 is 0. The standard InChI is InChI=1S/C26H36N4O2S/c1-26(2,3)21-13-14-22(33-21)30(25(32)20-12-8-16-28-20)23(18-9-7-15-27-17-18)24(31)29-19-10-5-4-6-11-19/h7,9,13-15,17,19,23,28,32H,4-6,8,10-12,16H2,1-3H3,(H,29,31)/b25-20-. The molecule has 1 aliphatic carbocycles. The van der Waals surface area contributed by atoms with Gasteiger partial charge in [-0.15, -0.1) is 11.3 Å². The number of carbonyl (C=O) groups excluding carboxylic acids is 1. The molecule has 2 fully saturated rings. The largest absolute Gasteiger partial charge is 0.493 e. The summed E-state index contributed by atoms with van der Waals surface area (Å²) in [6.07, 6.45) is 10.7. The molecule has 2 aliphatic rings. The molecule has 1 aliphatic heterocycles. The Kier molecular flexibility index (Phi) is 7.27. The second-order valence-electron chi connectivity index (χ2n) is 10.1. The smallest absolute Gasteiger partial charge is 0.248 e. The van der Waals surface area contributed by atoms with Gasteiger partial charge in [0.05, 0.1) is 10.7 Å². The molecule has 0 aromatic carbocycles. The van der Waals surface area contributed by atoms with Crippen molar-refractivity contribution < 1.29 is 9.90 Å². The van der Waals surface area contributed by atoms with Crippen LogP contribution < -0.4 is 15.5 Å². The van der Waals surface area contributed by atoms with Gasteiger partial charge >= 0.3 is 0 Å². The molecule has 1 unspecified atom stereocenters. The van der Waals surface area contributed by atoms with E-state index in [4.69, 9.17) is 0 Å². The Morgan fingerprint density at radius 2 is 2.00 bits per heavy atom. The van der Waals surface area contributed by atoms with Crippen molar-refractivity contribution in [2.45, 2.75) is 83.2 Å². The molecule has 1 atom stereocenters.